The highest BCUT2D eigenvalue weighted by molar-refractivity contribution is 9.10. The molecule has 0 bridgehead atoms. The minimum Gasteiger partial charge on any atom is -0.337 e. The second-order valence-electron chi connectivity index (χ2n) is 3.95. The Morgan fingerprint density at radius 2 is 2.12 bits per heavy atom. The van der Waals surface area contributed by atoms with Gasteiger partial charge in [-0.05, 0) is 24.1 Å². The fourth-order valence-electron chi connectivity index (χ4n) is 1.79. The van der Waals surface area contributed by atoms with E-state index in [1.807, 2.05) is 29.9 Å². The zero-order valence-electron chi connectivity index (χ0n) is 9.60. The van der Waals surface area contributed by atoms with Crippen LogP contribution in [0.3, 0.4) is 0 Å². The van der Waals surface area contributed by atoms with E-state index < -0.39 is 0 Å². The molecule has 1 aromatic carbocycles. The van der Waals surface area contributed by atoms with Crippen molar-refractivity contribution >= 4 is 15.9 Å². The van der Waals surface area contributed by atoms with Crippen molar-refractivity contribution in [2.45, 2.75) is 12.5 Å². The Morgan fingerprint density at radius 1 is 1.41 bits per heavy atom. The second kappa shape index (κ2) is 5.44. The molecule has 5 heteroatoms. The van der Waals surface area contributed by atoms with Gasteiger partial charge in [0.25, 0.3) is 0 Å². The standard InChI is InChI=1S/C12H15BrN4/c1-17-7-6-15-12(17)11(16-14)8-9-2-4-10(13)5-3-9/h2-7,11,16H,8,14H2,1H3. The number of aryl methyl sites for hydroxylation is 1. The molecule has 0 saturated heterocycles. The van der Waals surface area contributed by atoms with E-state index >= 15 is 0 Å². The summed E-state index contributed by atoms with van der Waals surface area (Å²) in [4.78, 5) is 4.31. The lowest BCUT2D eigenvalue weighted by Crippen LogP contribution is -2.31. The van der Waals surface area contributed by atoms with E-state index in [0.29, 0.717) is 0 Å². The molecule has 90 valence electrons. The second-order valence-corrected chi connectivity index (χ2v) is 4.86. The summed E-state index contributed by atoms with van der Waals surface area (Å²) in [5, 5.41) is 0. The molecule has 0 aliphatic heterocycles. The highest BCUT2D eigenvalue weighted by atomic mass is 79.9. The molecule has 0 spiro atoms. The van der Waals surface area contributed by atoms with E-state index in [1.165, 1.54) is 5.56 Å². The molecule has 3 N–H and O–H groups in total. The van der Waals surface area contributed by atoms with Crippen LogP contribution in [0, 0.1) is 0 Å². The number of halogens is 1. The molecule has 1 unspecified atom stereocenters. The molecular formula is C12H15BrN4. The molecule has 0 fully saturated rings. The van der Waals surface area contributed by atoms with Crippen LogP contribution in [0.25, 0.3) is 0 Å². The first kappa shape index (κ1) is 12.3. The minimum atomic E-state index is 0.0242. The van der Waals surface area contributed by atoms with Gasteiger partial charge in [0, 0.05) is 23.9 Å². The molecule has 17 heavy (non-hydrogen) atoms. The van der Waals surface area contributed by atoms with Crippen LogP contribution >= 0.6 is 15.9 Å². The van der Waals surface area contributed by atoms with Gasteiger partial charge < -0.3 is 4.57 Å². The van der Waals surface area contributed by atoms with Crippen LogP contribution in [0.1, 0.15) is 17.4 Å². The third-order valence-electron chi connectivity index (χ3n) is 2.72. The highest BCUT2D eigenvalue weighted by Gasteiger charge is 2.14. The van der Waals surface area contributed by atoms with Crippen LogP contribution in [-0.2, 0) is 13.5 Å². The quantitative estimate of drug-likeness (QED) is 0.669. The van der Waals surface area contributed by atoms with E-state index in [-0.39, 0.29) is 6.04 Å². The summed E-state index contributed by atoms with van der Waals surface area (Å²) in [6.45, 7) is 0. The van der Waals surface area contributed by atoms with Crippen molar-refractivity contribution in [2.24, 2.45) is 12.9 Å². The van der Waals surface area contributed by atoms with E-state index in [9.17, 15) is 0 Å². The summed E-state index contributed by atoms with van der Waals surface area (Å²) in [6, 6.07) is 8.24. The number of aromatic nitrogens is 2. The lowest BCUT2D eigenvalue weighted by molar-refractivity contribution is 0.507. The van der Waals surface area contributed by atoms with E-state index in [0.717, 1.165) is 16.7 Å². The van der Waals surface area contributed by atoms with Gasteiger partial charge in [0.1, 0.15) is 5.82 Å². The van der Waals surface area contributed by atoms with Crippen molar-refractivity contribution in [1.29, 1.82) is 0 Å². The number of nitrogens with two attached hydrogens (primary N) is 1. The minimum absolute atomic E-state index is 0.0242. The van der Waals surface area contributed by atoms with Gasteiger partial charge in [-0.25, -0.2) is 10.4 Å². The fourth-order valence-corrected chi connectivity index (χ4v) is 2.06. The Balaban J connectivity index is 2.16. The molecular weight excluding hydrogens is 280 g/mol. The van der Waals surface area contributed by atoms with Gasteiger partial charge in [0.05, 0.1) is 6.04 Å². The molecule has 0 aliphatic rings. The van der Waals surface area contributed by atoms with E-state index in [1.54, 1.807) is 6.20 Å². The summed E-state index contributed by atoms with van der Waals surface area (Å²) in [5.74, 6) is 6.54. The molecule has 4 nitrogen and oxygen atoms in total. The Hall–Kier alpha value is -1.17. The van der Waals surface area contributed by atoms with Gasteiger partial charge in [-0.1, -0.05) is 28.1 Å². The first-order chi connectivity index (χ1) is 8.20. The van der Waals surface area contributed by atoms with Gasteiger partial charge in [-0.15, -0.1) is 0 Å². The van der Waals surface area contributed by atoms with Crippen molar-refractivity contribution in [1.82, 2.24) is 15.0 Å². The average molecular weight is 295 g/mol. The first-order valence-corrected chi connectivity index (χ1v) is 6.18. The van der Waals surface area contributed by atoms with Gasteiger partial charge in [-0.2, -0.15) is 0 Å². The Morgan fingerprint density at radius 3 is 2.65 bits per heavy atom. The van der Waals surface area contributed by atoms with Crippen LogP contribution in [-0.4, -0.2) is 9.55 Å². The number of nitrogens with one attached hydrogen (secondary N) is 1. The Kier molecular flexibility index (Phi) is 3.93. The summed E-state index contributed by atoms with van der Waals surface area (Å²) in [7, 11) is 1.97. The summed E-state index contributed by atoms with van der Waals surface area (Å²) < 4.78 is 3.05. The Labute approximate surface area is 109 Å². The van der Waals surface area contributed by atoms with Crippen molar-refractivity contribution in [3.63, 3.8) is 0 Å². The SMILES string of the molecule is Cn1ccnc1C(Cc1ccc(Br)cc1)NN. The number of hydrazine groups is 1. The monoisotopic (exact) mass is 294 g/mol. The maximum absolute atomic E-state index is 5.60. The van der Waals surface area contributed by atoms with Crippen LogP contribution in [0.2, 0.25) is 0 Å². The highest BCUT2D eigenvalue weighted by Crippen LogP contribution is 2.17. The molecule has 0 amide bonds. The number of imidazole rings is 1. The van der Waals surface area contributed by atoms with Crippen molar-refractivity contribution in [3.05, 3.63) is 52.5 Å². The predicted octanol–water partition coefficient (Wildman–Crippen LogP) is 1.93. The number of hydrogen-bond donors (Lipinski definition) is 2. The summed E-state index contributed by atoms with van der Waals surface area (Å²) in [6.07, 6.45) is 4.51. The molecule has 0 aliphatic carbocycles. The third kappa shape index (κ3) is 2.94. The number of rotatable bonds is 4. The molecule has 0 radical (unpaired) electrons. The molecule has 0 saturated carbocycles. The van der Waals surface area contributed by atoms with Gasteiger partial charge >= 0.3 is 0 Å². The molecule has 2 rings (SSSR count). The number of hydrogen-bond acceptors (Lipinski definition) is 3. The maximum atomic E-state index is 5.60. The molecule has 2 aromatic rings. The van der Waals surface area contributed by atoms with E-state index in [4.69, 9.17) is 5.84 Å². The zero-order valence-corrected chi connectivity index (χ0v) is 11.2. The topological polar surface area (TPSA) is 55.9 Å². The number of benzene rings is 1. The summed E-state index contributed by atoms with van der Waals surface area (Å²) >= 11 is 3.42. The predicted molar refractivity (Wildman–Crippen MR) is 71.1 cm³/mol. The van der Waals surface area contributed by atoms with Crippen LogP contribution in [0.15, 0.2) is 41.1 Å². The maximum Gasteiger partial charge on any atom is 0.127 e. The normalized spacial score (nSPS) is 12.6. The smallest absolute Gasteiger partial charge is 0.127 e. The zero-order chi connectivity index (χ0) is 12.3. The summed E-state index contributed by atoms with van der Waals surface area (Å²) in [5.41, 5.74) is 4.03. The van der Waals surface area contributed by atoms with Crippen molar-refractivity contribution in [3.8, 4) is 0 Å². The lowest BCUT2D eigenvalue weighted by Gasteiger charge is -2.15. The first-order valence-electron chi connectivity index (χ1n) is 5.38. The van der Waals surface area contributed by atoms with Crippen molar-refractivity contribution < 1.29 is 0 Å². The van der Waals surface area contributed by atoms with E-state index in [2.05, 4.69) is 38.5 Å². The molecule has 1 heterocycles. The molecule has 1 aromatic heterocycles. The molecule has 1 atom stereocenters. The van der Waals surface area contributed by atoms with Gasteiger partial charge in [0.15, 0.2) is 0 Å². The lowest BCUT2D eigenvalue weighted by atomic mass is 10.1. The van der Waals surface area contributed by atoms with Gasteiger partial charge in [0.2, 0.25) is 0 Å². The Bertz CT molecular complexity index is 478. The van der Waals surface area contributed by atoms with Crippen molar-refractivity contribution in [2.75, 3.05) is 0 Å². The van der Waals surface area contributed by atoms with Crippen LogP contribution in [0.4, 0.5) is 0 Å². The fraction of sp³-hybridized carbons (Fsp3) is 0.250. The van der Waals surface area contributed by atoms with Crippen LogP contribution < -0.4 is 11.3 Å². The number of nitrogens with zero attached hydrogens (tertiary/aromatic N) is 2. The van der Waals surface area contributed by atoms with Crippen LogP contribution in [0.5, 0.6) is 0 Å². The third-order valence-corrected chi connectivity index (χ3v) is 3.25. The average Bonchev–Trinajstić information content (AvgIpc) is 2.75. The largest absolute Gasteiger partial charge is 0.337 e. The van der Waals surface area contributed by atoms with Gasteiger partial charge in [-0.3, -0.25) is 5.84 Å².